The Bertz CT molecular complexity index is 271. The minimum Gasteiger partial charge on any atom is -0.344 e. The summed E-state index contributed by atoms with van der Waals surface area (Å²) in [6.07, 6.45) is 1.96. The molecule has 0 saturated heterocycles. The average Bonchev–Trinajstić information content (AvgIpc) is 2.56. The van der Waals surface area contributed by atoms with Gasteiger partial charge < -0.3 is 10.3 Å². The van der Waals surface area contributed by atoms with Crippen LogP contribution in [0.15, 0.2) is 4.52 Å². The predicted octanol–water partition coefficient (Wildman–Crippen LogP) is 1.58. The Morgan fingerprint density at radius 1 is 1.64 bits per heavy atom. The van der Waals surface area contributed by atoms with E-state index in [0.29, 0.717) is 5.22 Å². The molecule has 0 amide bonds. The standard InChI is InChI=1S/C7H9ClN2O/c1-4-5(6(8)11-10-4)7(9)2-3-7/h2-3,9H2,1H3. The molecule has 1 saturated carbocycles. The molecule has 1 aliphatic carbocycles. The highest BCUT2D eigenvalue weighted by Crippen LogP contribution is 2.46. The van der Waals surface area contributed by atoms with E-state index in [4.69, 9.17) is 21.9 Å². The maximum absolute atomic E-state index is 5.93. The number of hydrogen-bond acceptors (Lipinski definition) is 3. The molecule has 0 atom stereocenters. The highest BCUT2D eigenvalue weighted by molar-refractivity contribution is 6.29. The molecule has 0 aliphatic heterocycles. The lowest BCUT2D eigenvalue weighted by atomic mass is 10.1. The van der Waals surface area contributed by atoms with Gasteiger partial charge in [-0.2, -0.15) is 0 Å². The number of nitrogens with two attached hydrogens (primary N) is 1. The zero-order chi connectivity index (χ0) is 8.06. The largest absolute Gasteiger partial charge is 0.344 e. The molecule has 11 heavy (non-hydrogen) atoms. The summed E-state index contributed by atoms with van der Waals surface area (Å²) in [6, 6.07) is 0. The maximum atomic E-state index is 5.93. The van der Waals surface area contributed by atoms with Gasteiger partial charge in [0.05, 0.1) is 11.3 Å². The molecule has 0 unspecified atom stereocenters. The van der Waals surface area contributed by atoms with Crippen LogP contribution in [-0.4, -0.2) is 5.16 Å². The van der Waals surface area contributed by atoms with Crippen LogP contribution in [0, 0.1) is 6.92 Å². The minimum atomic E-state index is -0.235. The first kappa shape index (κ1) is 7.13. The van der Waals surface area contributed by atoms with Crippen molar-refractivity contribution in [2.24, 2.45) is 5.73 Å². The molecule has 2 rings (SSSR count). The second-order valence-electron chi connectivity index (χ2n) is 3.07. The van der Waals surface area contributed by atoms with Crippen molar-refractivity contribution in [2.45, 2.75) is 25.3 Å². The van der Waals surface area contributed by atoms with Gasteiger partial charge in [-0.1, -0.05) is 5.16 Å². The number of aromatic nitrogens is 1. The van der Waals surface area contributed by atoms with E-state index in [0.717, 1.165) is 24.1 Å². The summed E-state index contributed by atoms with van der Waals surface area (Å²) in [6.45, 7) is 1.86. The molecule has 3 nitrogen and oxygen atoms in total. The van der Waals surface area contributed by atoms with Gasteiger partial charge in [0.15, 0.2) is 0 Å². The van der Waals surface area contributed by atoms with Gasteiger partial charge >= 0.3 is 0 Å². The first-order valence-corrected chi connectivity index (χ1v) is 3.92. The Morgan fingerprint density at radius 2 is 2.27 bits per heavy atom. The SMILES string of the molecule is Cc1noc(Cl)c1C1(N)CC1. The van der Waals surface area contributed by atoms with Gasteiger partial charge in [-0.15, -0.1) is 0 Å². The molecule has 60 valence electrons. The third-order valence-corrected chi connectivity index (χ3v) is 2.37. The van der Waals surface area contributed by atoms with E-state index in [1.807, 2.05) is 6.92 Å². The molecule has 0 radical (unpaired) electrons. The Hall–Kier alpha value is -0.540. The zero-order valence-electron chi connectivity index (χ0n) is 6.22. The van der Waals surface area contributed by atoms with Crippen LogP contribution in [-0.2, 0) is 5.54 Å². The maximum Gasteiger partial charge on any atom is 0.231 e. The fourth-order valence-electron chi connectivity index (χ4n) is 1.28. The first-order valence-electron chi connectivity index (χ1n) is 3.55. The van der Waals surface area contributed by atoms with Crippen molar-refractivity contribution in [3.05, 3.63) is 16.5 Å². The number of halogens is 1. The van der Waals surface area contributed by atoms with Crippen molar-refractivity contribution in [2.75, 3.05) is 0 Å². The number of hydrogen-bond donors (Lipinski definition) is 1. The molecule has 1 heterocycles. The van der Waals surface area contributed by atoms with Crippen molar-refractivity contribution < 1.29 is 4.52 Å². The Balaban J connectivity index is 2.50. The van der Waals surface area contributed by atoms with Crippen LogP contribution in [0.25, 0.3) is 0 Å². The summed E-state index contributed by atoms with van der Waals surface area (Å²) in [4.78, 5) is 0. The van der Waals surface area contributed by atoms with Crippen LogP contribution in [0.2, 0.25) is 5.22 Å². The van der Waals surface area contributed by atoms with Crippen LogP contribution in [0.3, 0.4) is 0 Å². The van der Waals surface area contributed by atoms with Crippen LogP contribution in [0.4, 0.5) is 0 Å². The van der Waals surface area contributed by atoms with Crippen LogP contribution >= 0.6 is 11.6 Å². The Kier molecular flexibility index (Phi) is 1.29. The molecule has 1 aliphatic rings. The summed E-state index contributed by atoms with van der Waals surface area (Å²) >= 11 is 5.76. The van der Waals surface area contributed by atoms with Gasteiger partial charge in [0.2, 0.25) is 5.22 Å². The summed E-state index contributed by atoms with van der Waals surface area (Å²) in [5.74, 6) is 0. The third-order valence-electron chi connectivity index (χ3n) is 2.11. The quantitative estimate of drug-likeness (QED) is 0.700. The topological polar surface area (TPSA) is 52.0 Å². The van der Waals surface area contributed by atoms with Gasteiger partial charge in [-0.05, 0) is 31.4 Å². The molecular formula is C7H9ClN2O. The van der Waals surface area contributed by atoms with Crippen LogP contribution in [0.5, 0.6) is 0 Å². The van der Waals surface area contributed by atoms with E-state index in [2.05, 4.69) is 5.16 Å². The van der Waals surface area contributed by atoms with Crippen molar-refractivity contribution in [1.82, 2.24) is 5.16 Å². The van der Waals surface area contributed by atoms with Gasteiger partial charge in [0, 0.05) is 5.54 Å². The molecule has 1 fully saturated rings. The van der Waals surface area contributed by atoms with Gasteiger partial charge in [0.25, 0.3) is 0 Å². The molecule has 1 aromatic heterocycles. The van der Waals surface area contributed by atoms with Crippen molar-refractivity contribution in [3.63, 3.8) is 0 Å². The van der Waals surface area contributed by atoms with E-state index >= 15 is 0 Å². The number of rotatable bonds is 1. The molecule has 4 heteroatoms. The van der Waals surface area contributed by atoms with E-state index in [9.17, 15) is 0 Å². The lowest BCUT2D eigenvalue weighted by Crippen LogP contribution is -2.19. The second-order valence-corrected chi connectivity index (χ2v) is 3.42. The lowest BCUT2D eigenvalue weighted by molar-refractivity contribution is 0.415. The molecule has 1 aromatic rings. The Morgan fingerprint density at radius 3 is 2.64 bits per heavy atom. The van der Waals surface area contributed by atoms with Crippen LogP contribution in [0.1, 0.15) is 24.1 Å². The molecule has 0 aromatic carbocycles. The van der Waals surface area contributed by atoms with Crippen molar-refractivity contribution in [1.29, 1.82) is 0 Å². The highest BCUT2D eigenvalue weighted by atomic mass is 35.5. The summed E-state index contributed by atoms with van der Waals surface area (Å²) in [5, 5.41) is 4.09. The van der Waals surface area contributed by atoms with E-state index in [-0.39, 0.29) is 5.54 Å². The molecular weight excluding hydrogens is 164 g/mol. The fourth-order valence-corrected chi connectivity index (χ4v) is 1.64. The normalized spacial score (nSPS) is 20.3. The van der Waals surface area contributed by atoms with E-state index in [1.54, 1.807) is 0 Å². The first-order chi connectivity index (χ1) is 5.13. The smallest absolute Gasteiger partial charge is 0.231 e. The third kappa shape index (κ3) is 0.957. The van der Waals surface area contributed by atoms with Crippen molar-refractivity contribution >= 4 is 11.6 Å². The van der Waals surface area contributed by atoms with Crippen molar-refractivity contribution in [3.8, 4) is 0 Å². The van der Waals surface area contributed by atoms with E-state index < -0.39 is 0 Å². The lowest BCUT2D eigenvalue weighted by Gasteiger charge is -2.04. The second kappa shape index (κ2) is 1.99. The molecule has 0 spiro atoms. The molecule has 0 bridgehead atoms. The van der Waals surface area contributed by atoms with Crippen LogP contribution < -0.4 is 5.73 Å². The number of nitrogens with zero attached hydrogens (tertiary/aromatic N) is 1. The predicted molar refractivity (Wildman–Crippen MR) is 41.3 cm³/mol. The molecule has 2 N–H and O–H groups in total. The zero-order valence-corrected chi connectivity index (χ0v) is 6.98. The summed E-state index contributed by atoms with van der Waals surface area (Å²) < 4.78 is 4.80. The van der Waals surface area contributed by atoms with E-state index in [1.165, 1.54) is 0 Å². The highest BCUT2D eigenvalue weighted by Gasteiger charge is 2.44. The monoisotopic (exact) mass is 172 g/mol. The minimum absolute atomic E-state index is 0.235. The summed E-state index contributed by atoms with van der Waals surface area (Å²) in [5.41, 5.74) is 7.40. The summed E-state index contributed by atoms with van der Waals surface area (Å²) in [7, 11) is 0. The van der Waals surface area contributed by atoms with Gasteiger partial charge in [-0.3, -0.25) is 0 Å². The Labute approximate surface area is 69.5 Å². The number of aryl methyl sites for hydroxylation is 1. The van der Waals surface area contributed by atoms with Gasteiger partial charge in [-0.25, -0.2) is 0 Å². The van der Waals surface area contributed by atoms with Gasteiger partial charge in [0.1, 0.15) is 0 Å². The average molecular weight is 173 g/mol. The fraction of sp³-hybridized carbons (Fsp3) is 0.571.